The summed E-state index contributed by atoms with van der Waals surface area (Å²) in [5, 5.41) is 16.5. The number of halogens is 1. The van der Waals surface area contributed by atoms with E-state index in [0.29, 0.717) is 34.3 Å². The van der Waals surface area contributed by atoms with Gasteiger partial charge in [-0.05, 0) is 74.2 Å². The minimum absolute atomic E-state index is 0.260. The zero-order valence-electron chi connectivity index (χ0n) is 18.3. The molecule has 2 heterocycles. The van der Waals surface area contributed by atoms with Gasteiger partial charge in [-0.1, -0.05) is 0 Å². The molecule has 7 nitrogen and oxygen atoms in total. The van der Waals surface area contributed by atoms with E-state index in [1.807, 2.05) is 6.07 Å². The van der Waals surface area contributed by atoms with Gasteiger partial charge in [0.1, 0.15) is 11.9 Å². The fourth-order valence-electron chi connectivity index (χ4n) is 4.42. The topological polar surface area (TPSA) is 91.0 Å². The molecule has 1 aromatic heterocycles. The van der Waals surface area contributed by atoms with Crippen molar-refractivity contribution in [2.75, 3.05) is 16.9 Å². The Kier molecular flexibility index (Phi) is 6.07. The number of hydrogen-bond donors (Lipinski definition) is 1. The highest BCUT2D eigenvalue weighted by atomic mass is 32.2. The van der Waals surface area contributed by atoms with Gasteiger partial charge in [-0.3, -0.25) is 9.59 Å². The van der Waals surface area contributed by atoms with Crippen LogP contribution in [-0.2, 0) is 17.6 Å². The van der Waals surface area contributed by atoms with E-state index in [2.05, 4.69) is 10.4 Å². The Morgan fingerprint density at radius 1 is 1.09 bits per heavy atom. The maximum Gasteiger partial charge on any atom is 0.276 e. The third-order valence-corrected chi connectivity index (χ3v) is 7.19. The van der Waals surface area contributed by atoms with Crippen molar-refractivity contribution in [2.45, 2.75) is 31.7 Å². The van der Waals surface area contributed by atoms with Crippen molar-refractivity contribution in [1.82, 2.24) is 14.7 Å². The third kappa shape index (κ3) is 4.17. The van der Waals surface area contributed by atoms with Gasteiger partial charge in [-0.2, -0.15) is 10.4 Å². The molecule has 0 bridgehead atoms. The molecule has 9 heteroatoms. The lowest BCUT2D eigenvalue weighted by Gasteiger charge is -2.23. The molecule has 3 aromatic rings. The first-order valence-electron chi connectivity index (χ1n) is 11.1. The molecule has 1 saturated heterocycles. The summed E-state index contributed by atoms with van der Waals surface area (Å²) in [5.41, 5.74) is 4.07. The van der Waals surface area contributed by atoms with Crippen LogP contribution in [0.5, 0.6) is 0 Å². The lowest BCUT2D eigenvalue weighted by Crippen LogP contribution is -2.45. The number of nitrogens with zero attached hydrogens (tertiary/aromatic N) is 4. The van der Waals surface area contributed by atoms with Crippen molar-refractivity contribution >= 4 is 29.3 Å². The molecule has 2 amide bonds. The van der Waals surface area contributed by atoms with Gasteiger partial charge < -0.3 is 10.2 Å². The molecule has 34 heavy (non-hydrogen) atoms. The summed E-state index contributed by atoms with van der Waals surface area (Å²) in [6.07, 6.45) is 3.52. The van der Waals surface area contributed by atoms with Gasteiger partial charge in [-0.25, -0.2) is 9.07 Å². The van der Waals surface area contributed by atoms with Gasteiger partial charge in [-0.15, -0.1) is 11.8 Å². The van der Waals surface area contributed by atoms with E-state index in [-0.39, 0.29) is 17.6 Å². The van der Waals surface area contributed by atoms with Gasteiger partial charge in [0.25, 0.3) is 5.91 Å². The highest BCUT2D eigenvalue weighted by molar-refractivity contribution is 7.99. The number of aromatic nitrogens is 2. The molecular weight excluding hydrogens is 453 g/mol. The average Bonchev–Trinajstić information content (AvgIpc) is 3.50. The summed E-state index contributed by atoms with van der Waals surface area (Å²) < 4.78 is 15.2. The minimum Gasteiger partial charge on any atom is -0.324 e. The number of anilines is 1. The maximum absolute atomic E-state index is 13.6. The molecule has 0 radical (unpaired) electrons. The first-order chi connectivity index (χ1) is 16.5. The standard InChI is InChI=1S/C25H22FN5O2S/c26-17-7-11-19(12-8-17)31-21-4-2-1-3-20(21)23(29-31)25(33)30-15-34-14-22(30)24(32)28-18-9-5-16(13-27)6-10-18/h5-12,22H,1-4,14-15H2,(H,28,32). The Morgan fingerprint density at radius 2 is 1.82 bits per heavy atom. The van der Waals surface area contributed by atoms with E-state index in [9.17, 15) is 14.0 Å². The molecule has 1 unspecified atom stereocenters. The number of benzene rings is 2. The number of amides is 2. The van der Waals surface area contributed by atoms with E-state index >= 15 is 0 Å². The number of rotatable bonds is 4. The Labute approximate surface area is 200 Å². The first-order valence-corrected chi connectivity index (χ1v) is 12.3. The van der Waals surface area contributed by atoms with Crippen molar-refractivity contribution < 1.29 is 14.0 Å². The van der Waals surface area contributed by atoms with Crippen LogP contribution >= 0.6 is 11.8 Å². The highest BCUT2D eigenvalue weighted by Gasteiger charge is 2.38. The van der Waals surface area contributed by atoms with E-state index in [4.69, 9.17) is 5.26 Å². The molecule has 2 aliphatic rings. The van der Waals surface area contributed by atoms with Crippen LogP contribution in [0, 0.1) is 17.1 Å². The lowest BCUT2D eigenvalue weighted by molar-refractivity contribution is -0.119. The lowest BCUT2D eigenvalue weighted by atomic mass is 9.95. The molecule has 0 saturated carbocycles. The second kappa shape index (κ2) is 9.31. The number of fused-ring (bicyclic) bond motifs is 1. The van der Waals surface area contributed by atoms with Crippen LogP contribution in [0.1, 0.15) is 40.2 Å². The maximum atomic E-state index is 13.6. The van der Waals surface area contributed by atoms with E-state index in [1.165, 1.54) is 23.9 Å². The Balaban J connectivity index is 1.41. The largest absolute Gasteiger partial charge is 0.324 e. The Hall–Kier alpha value is -3.64. The molecule has 1 fully saturated rings. The minimum atomic E-state index is -0.622. The molecular formula is C25H22FN5O2S. The zero-order valence-corrected chi connectivity index (χ0v) is 19.1. The van der Waals surface area contributed by atoms with Crippen LogP contribution in [0.25, 0.3) is 5.69 Å². The van der Waals surface area contributed by atoms with Crippen LogP contribution in [0.2, 0.25) is 0 Å². The molecule has 0 spiro atoms. The number of carbonyl (C=O) groups is 2. The van der Waals surface area contributed by atoms with Crippen molar-refractivity contribution in [1.29, 1.82) is 5.26 Å². The number of carbonyl (C=O) groups excluding carboxylic acids is 2. The Morgan fingerprint density at radius 3 is 2.56 bits per heavy atom. The van der Waals surface area contributed by atoms with Gasteiger partial charge in [0.05, 0.1) is 23.2 Å². The summed E-state index contributed by atoms with van der Waals surface area (Å²) in [6.45, 7) is 0. The number of thioether (sulfide) groups is 1. The fraction of sp³-hybridized carbons (Fsp3) is 0.280. The summed E-state index contributed by atoms with van der Waals surface area (Å²) >= 11 is 1.53. The van der Waals surface area contributed by atoms with Crippen molar-refractivity contribution in [3.05, 3.63) is 76.9 Å². The fourth-order valence-corrected chi connectivity index (χ4v) is 5.57. The SMILES string of the molecule is N#Cc1ccc(NC(=O)C2CSCN2C(=O)c2nn(-c3ccc(F)cc3)c3c2CCCC3)cc1. The number of nitrogens with one attached hydrogen (secondary N) is 1. The van der Waals surface area contributed by atoms with E-state index < -0.39 is 6.04 Å². The second-order valence-corrected chi connectivity index (χ2v) is 9.34. The van der Waals surface area contributed by atoms with Crippen LogP contribution in [-0.4, -0.2) is 44.2 Å². The molecule has 1 aliphatic heterocycles. The molecule has 1 atom stereocenters. The van der Waals surface area contributed by atoms with Gasteiger partial charge in [0, 0.05) is 22.7 Å². The van der Waals surface area contributed by atoms with Crippen molar-refractivity contribution in [3.8, 4) is 11.8 Å². The second-order valence-electron chi connectivity index (χ2n) is 8.34. The summed E-state index contributed by atoms with van der Waals surface area (Å²) in [7, 11) is 0. The van der Waals surface area contributed by atoms with E-state index in [1.54, 1.807) is 46.0 Å². The van der Waals surface area contributed by atoms with E-state index in [0.717, 1.165) is 36.9 Å². The number of hydrogen-bond acceptors (Lipinski definition) is 5. The average molecular weight is 476 g/mol. The summed E-state index contributed by atoms with van der Waals surface area (Å²) in [5.74, 6) is 0.0437. The smallest absolute Gasteiger partial charge is 0.276 e. The summed E-state index contributed by atoms with van der Waals surface area (Å²) in [4.78, 5) is 28.2. The van der Waals surface area contributed by atoms with Gasteiger partial charge in [0.2, 0.25) is 5.91 Å². The molecule has 2 aromatic carbocycles. The monoisotopic (exact) mass is 475 g/mol. The van der Waals surface area contributed by atoms with Gasteiger partial charge >= 0.3 is 0 Å². The van der Waals surface area contributed by atoms with Crippen LogP contribution in [0.3, 0.4) is 0 Å². The predicted octanol–water partition coefficient (Wildman–Crippen LogP) is 3.92. The predicted molar refractivity (Wildman–Crippen MR) is 127 cm³/mol. The van der Waals surface area contributed by atoms with Crippen molar-refractivity contribution in [2.24, 2.45) is 0 Å². The zero-order chi connectivity index (χ0) is 23.7. The molecule has 5 rings (SSSR count). The molecule has 1 aliphatic carbocycles. The van der Waals surface area contributed by atoms with Crippen LogP contribution in [0.4, 0.5) is 10.1 Å². The van der Waals surface area contributed by atoms with Crippen LogP contribution < -0.4 is 5.32 Å². The van der Waals surface area contributed by atoms with Gasteiger partial charge in [0.15, 0.2) is 5.69 Å². The number of nitriles is 1. The summed E-state index contributed by atoms with van der Waals surface area (Å²) in [6, 6.07) is 14.1. The quantitative estimate of drug-likeness (QED) is 0.618. The first kappa shape index (κ1) is 22.2. The normalized spacial score (nSPS) is 17.2. The third-order valence-electron chi connectivity index (χ3n) is 6.18. The Bertz CT molecular complexity index is 1280. The highest BCUT2D eigenvalue weighted by Crippen LogP contribution is 2.30. The van der Waals surface area contributed by atoms with Crippen molar-refractivity contribution in [3.63, 3.8) is 0 Å². The van der Waals surface area contributed by atoms with Crippen LogP contribution in [0.15, 0.2) is 48.5 Å². The molecule has 172 valence electrons. The molecule has 1 N–H and O–H groups in total.